The molecule has 0 aromatic heterocycles. The summed E-state index contributed by atoms with van der Waals surface area (Å²) in [5.74, 6) is 0. The molecular weight excluding hydrogens is 711 g/mol. The molecule has 0 radical (unpaired) electrons. The second-order valence-corrected chi connectivity index (χ2v) is 17.1. The molecule has 0 fully saturated rings. The highest BCUT2D eigenvalue weighted by Crippen LogP contribution is 2.58. The summed E-state index contributed by atoms with van der Waals surface area (Å²) >= 11 is 0. The largest absolute Gasteiger partial charge is 0.310 e. The Morgan fingerprint density at radius 1 is 0.390 bits per heavy atom. The van der Waals surface area contributed by atoms with Crippen molar-refractivity contribution in [2.45, 2.75) is 37.5 Å². The first-order chi connectivity index (χ1) is 29.0. The van der Waals surface area contributed by atoms with Gasteiger partial charge in [0.25, 0.3) is 0 Å². The summed E-state index contributed by atoms with van der Waals surface area (Å²) < 4.78 is 0. The first-order valence-corrected chi connectivity index (χ1v) is 21.1. The van der Waals surface area contributed by atoms with E-state index in [2.05, 4.69) is 219 Å². The van der Waals surface area contributed by atoms with Gasteiger partial charge in [-0.2, -0.15) is 0 Å². The van der Waals surface area contributed by atoms with Crippen molar-refractivity contribution < 1.29 is 0 Å². The molecule has 0 saturated heterocycles. The molecule has 0 bridgehead atoms. The predicted molar refractivity (Wildman–Crippen MR) is 246 cm³/mol. The molecule has 9 aromatic carbocycles. The summed E-state index contributed by atoms with van der Waals surface area (Å²) in [7, 11) is 0. The van der Waals surface area contributed by atoms with Gasteiger partial charge < -0.3 is 4.90 Å². The predicted octanol–water partition coefficient (Wildman–Crippen LogP) is 14.7. The quantitative estimate of drug-likeness (QED) is 0.169. The molecule has 9 aromatic rings. The van der Waals surface area contributed by atoms with E-state index in [9.17, 15) is 0 Å². The highest BCUT2D eigenvalue weighted by atomic mass is 15.1. The van der Waals surface area contributed by atoms with E-state index < -0.39 is 5.41 Å². The number of rotatable bonds is 5. The van der Waals surface area contributed by atoms with Gasteiger partial charge in [0.05, 0.1) is 5.41 Å². The van der Waals surface area contributed by atoms with Crippen molar-refractivity contribution in [3.8, 4) is 33.4 Å². The van der Waals surface area contributed by atoms with Gasteiger partial charge in [0.15, 0.2) is 0 Å². The molecule has 0 saturated carbocycles. The lowest BCUT2D eigenvalue weighted by Gasteiger charge is -2.35. The third kappa shape index (κ3) is 4.79. The topological polar surface area (TPSA) is 3.24 Å². The summed E-state index contributed by atoms with van der Waals surface area (Å²) in [5.41, 5.74) is 22.0. The fourth-order valence-electron chi connectivity index (χ4n) is 11.2. The molecule has 0 amide bonds. The van der Waals surface area contributed by atoms with Crippen LogP contribution in [0.25, 0.3) is 44.2 Å². The Balaban J connectivity index is 1.04. The molecule has 0 unspecified atom stereocenters. The van der Waals surface area contributed by atoms with Crippen LogP contribution in [-0.4, -0.2) is 0 Å². The van der Waals surface area contributed by atoms with Crippen LogP contribution in [0.2, 0.25) is 0 Å². The van der Waals surface area contributed by atoms with Crippen LogP contribution >= 0.6 is 0 Å². The molecule has 3 aliphatic rings. The molecule has 1 nitrogen and oxygen atoms in total. The Bertz CT molecular complexity index is 3090. The SMILES string of the molecule is CC1(C)c2cc(N(c3ccccc3)c3cccc(C4(c5ccccc5)c5ccccc5-c5ccccc54)c3)ccc2-c2c1ccc1c2CCc2ccc3ccccc3c2-1. The zero-order valence-corrected chi connectivity index (χ0v) is 33.4. The molecule has 0 N–H and O–H groups in total. The number of aryl methyl sites for hydroxylation is 1. The second kappa shape index (κ2) is 12.8. The number of benzene rings is 9. The lowest BCUT2D eigenvalue weighted by molar-refractivity contribution is 0.660. The van der Waals surface area contributed by atoms with Gasteiger partial charge in [-0.05, 0) is 138 Å². The number of hydrogen-bond acceptors (Lipinski definition) is 1. The van der Waals surface area contributed by atoms with E-state index in [-0.39, 0.29) is 5.41 Å². The number of nitrogens with zero attached hydrogens (tertiary/aromatic N) is 1. The Morgan fingerprint density at radius 3 is 1.80 bits per heavy atom. The maximum Gasteiger partial charge on any atom is 0.0714 e. The van der Waals surface area contributed by atoms with Crippen LogP contribution in [-0.2, 0) is 23.7 Å². The van der Waals surface area contributed by atoms with Gasteiger partial charge in [0.2, 0.25) is 0 Å². The van der Waals surface area contributed by atoms with Gasteiger partial charge in [-0.15, -0.1) is 0 Å². The van der Waals surface area contributed by atoms with Crippen molar-refractivity contribution in [1.29, 1.82) is 0 Å². The maximum atomic E-state index is 2.49. The Hall–Kier alpha value is -6.96. The monoisotopic (exact) mass is 753 g/mol. The van der Waals surface area contributed by atoms with E-state index in [4.69, 9.17) is 0 Å². The van der Waals surface area contributed by atoms with Gasteiger partial charge >= 0.3 is 0 Å². The first-order valence-electron chi connectivity index (χ1n) is 21.1. The van der Waals surface area contributed by atoms with Crippen molar-refractivity contribution >= 4 is 27.8 Å². The normalized spacial score (nSPS) is 14.7. The fourth-order valence-corrected chi connectivity index (χ4v) is 11.2. The van der Waals surface area contributed by atoms with Crippen LogP contribution < -0.4 is 4.90 Å². The van der Waals surface area contributed by atoms with Crippen LogP contribution in [0.1, 0.15) is 58.4 Å². The van der Waals surface area contributed by atoms with Gasteiger partial charge in [-0.25, -0.2) is 0 Å². The van der Waals surface area contributed by atoms with Gasteiger partial charge in [-0.3, -0.25) is 0 Å². The summed E-state index contributed by atoms with van der Waals surface area (Å²) in [6.45, 7) is 4.85. The molecule has 0 aliphatic heterocycles. The van der Waals surface area contributed by atoms with E-state index in [1.165, 1.54) is 94.3 Å². The number of anilines is 3. The Morgan fingerprint density at radius 2 is 1.02 bits per heavy atom. The van der Waals surface area contributed by atoms with Crippen molar-refractivity contribution in [1.82, 2.24) is 0 Å². The molecule has 0 heterocycles. The number of hydrogen-bond donors (Lipinski definition) is 0. The minimum Gasteiger partial charge on any atom is -0.310 e. The van der Waals surface area contributed by atoms with E-state index in [0.717, 1.165) is 24.2 Å². The molecule has 12 rings (SSSR count). The third-order valence-electron chi connectivity index (χ3n) is 13.8. The number of fused-ring (bicyclic) bond motifs is 12. The number of para-hydroxylation sites is 1. The van der Waals surface area contributed by atoms with Crippen LogP contribution in [0.4, 0.5) is 17.1 Å². The van der Waals surface area contributed by atoms with Crippen molar-refractivity contribution in [2.24, 2.45) is 0 Å². The van der Waals surface area contributed by atoms with Crippen molar-refractivity contribution in [3.05, 3.63) is 245 Å². The summed E-state index contributed by atoms with van der Waals surface area (Å²) in [6.07, 6.45) is 2.12. The molecular formula is C58H43N. The molecule has 3 aliphatic carbocycles. The molecule has 280 valence electrons. The minimum absolute atomic E-state index is 0.159. The Labute approximate surface area is 346 Å². The lowest BCUT2D eigenvalue weighted by atomic mass is 9.67. The highest BCUT2D eigenvalue weighted by molar-refractivity contribution is 6.02. The Kier molecular flexibility index (Phi) is 7.38. The highest BCUT2D eigenvalue weighted by Gasteiger charge is 2.46. The van der Waals surface area contributed by atoms with Crippen LogP contribution in [0.5, 0.6) is 0 Å². The first kappa shape index (κ1) is 34.1. The van der Waals surface area contributed by atoms with E-state index >= 15 is 0 Å². The minimum atomic E-state index is -0.475. The summed E-state index contributed by atoms with van der Waals surface area (Å²) in [6, 6.07) is 75.0. The smallest absolute Gasteiger partial charge is 0.0714 e. The van der Waals surface area contributed by atoms with Crippen molar-refractivity contribution in [3.63, 3.8) is 0 Å². The zero-order valence-electron chi connectivity index (χ0n) is 33.4. The van der Waals surface area contributed by atoms with Crippen LogP contribution in [0.3, 0.4) is 0 Å². The van der Waals surface area contributed by atoms with E-state index in [0.29, 0.717) is 0 Å². The van der Waals surface area contributed by atoms with Crippen LogP contribution in [0, 0.1) is 0 Å². The standard InChI is InChI=1S/C58H43N/c1-57(2)53-35-34-48-49(32-30-39-29-28-38-16-9-10-23-45(38)55(39)48)56(53)50-33-31-44(37-54(50)57)59(42-20-7-4-8-21-42)43-22-15-19-41(36-43)58(40-17-5-3-6-18-40)51-26-13-11-24-46(51)47-25-12-14-27-52(47)58/h3-29,31,33-37H,30,32H2,1-2H3. The maximum absolute atomic E-state index is 2.49. The molecule has 0 atom stereocenters. The fraction of sp³-hybridized carbons (Fsp3) is 0.103. The van der Waals surface area contributed by atoms with E-state index in [1.54, 1.807) is 0 Å². The molecule has 59 heavy (non-hydrogen) atoms. The molecule has 0 spiro atoms. The van der Waals surface area contributed by atoms with Gasteiger partial charge in [-0.1, -0.05) is 178 Å². The third-order valence-corrected chi connectivity index (χ3v) is 13.8. The average Bonchev–Trinajstić information content (AvgIpc) is 3.72. The second-order valence-electron chi connectivity index (χ2n) is 17.1. The summed E-state index contributed by atoms with van der Waals surface area (Å²) in [5, 5.41) is 2.67. The van der Waals surface area contributed by atoms with Crippen LogP contribution in [0.15, 0.2) is 200 Å². The average molecular weight is 754 g/mol. The van der Waals surface area contributed by atoms with Gasteiger partial charge in [0.1, 0.15) is 0 Å². The van der Waals surface area contributed by atoms with Gasteiger partial charge in [0, 0.05) is 22.5 Å². The molecule has 1 heteroatoms. The zero-order chi connectivity index (χ0) is 39.3. The summed E-state index contributed by atoms with van der Waals surface area (Å²) in [4.78, 5) is 2.46. The van der Waals surface area contributed by atoms with Crippen molar-refractivity contribution in [2.75, 3.05) is 4.90 Å². The van der Waals surface area contributed by atoms with E-state index in [1.807, 2.05) is 0 Å². The lowest BCUT2D eigenvalue weighted by Crippen LogP contribution is -2.28.